The van der Waals surface area contributed by atoms with Gasteiger partial charge < -0.3 is 5.32 Å². The molecule has 0 unspecified atom stereocenters. The van der Waals surface area contributed by atoms with Gasteiger partial charge in [-0.15, -0.1) is 0 Å². The Kier molecular flexibility index (Phi) is 1.99. The van der Waals surface area contributed by atoms with Gasteiger partial charge in [-0.25, -0.2) is 0 Å². The average Bonchev–Trinajstić information content (AvgIpc) is 2.01. The summed E-state index contributed by atoms with van der Waals surface area (Å²) in [5, 5.41) is 3.41. The van der Waals surface area contributed by atoms with Crippen molar-refractivity contribution >= 4 is 0 Å². The predicted molar refractivity (Wildman–Crippen MR) is 47.5 cm³/mol. The highest BCUT2D eigenvalue weighted by atomic mass is 14.9. The number of hydrogen-bond acceptors (Lipinski definition) is 1. The maximum absolute atomic E-state index is 3.99. The van der Waals surface area contributed by atoms with Crippen LogP contribution in [0.4, 0.5) is 0 Å². The third kappa shape index (κ3) is 1.48. The standard InChI is InChI=1S/C10H17N/c1-8-6-10(7-8)9-2-4-11-5-3-9/h9-11H,1-7H2. The van der Waals surface area contributed by atoms with Crippen LogP contribution in [0.1, 0.15) is 25.7 Å². The lowest BCUT2D eigenvalue weighted by Gasteiger charge is -2.37. The second-order valence-corrected chi connectivity index (χ2v) is 4.01. The molecule has 0 atom stereocenters. The van der Waals surface area contributed by atoms with Gasteiger partial charge in [0.1, 0.15) is 0 Å². The molecule has 1 heteroatoms. The van der Waals surface area contributed by atoms with Crippen molar-refractivity contribution in [2.45, 2.75) is 25.7 Å². The Morgan fingerprint density at radius 2 is 1.73 bits per heavy atom. The van der Waals surface area contributed by atoms with Gasteiger partial charge in [0.05, 0.1) is 0 Å². The SMILES string of the molecule is C=C1CC(C2CCNCC2)C1. The first-order valence-electron chi connectivity index (χ1n) is 4.73. The molecule has 1 saturated carbocycles. The molecule has 0 aromatic carbocycles. The number of allylic oxidation sites excluding steroid dienone is 1. The van der Waals surface area contributed by atoms with Crippen molar-refractivity contribution in [1.29, 1.82) is 0 Å². The first-order valence-corrected chi connectivity index (χ1v) is 4.73. The van der Waals surface area contributed by atoms with Crippen LogP contribution in [0.5, 0.6) is 0 Å². The molecule has 2 aliphatic rings. The van der Waals surface area contributed by atoms with Gasteiger partial charge in [0.15, 0.2) is 0 Å². The van der Waals surface area contributed by atoms with E-state index in [1.807, 2.05) is 0 Å². The summed E-state index contributed by atoms with van der Waals surface area (Å²) in [6.07, 6.45) is 5.45. The van der Waals surface area contributed by atoms with Gasteiger partial charge in [-0.05, 0) is 50.6 Å². The molecule has 11 heavy (non-hydrogen) atoms. The minimum atomic E-state index is 1.00. The van der Waals surface area contributed by atoms with E-state index in [4.69, 9.17) is 0 Å². The van der Waals surface area contributed by atoms with Crippen LogP contribution in [0.25, 0.3) is 0 Å². The zero-order valence-corrected chi connectivity index (χ0v) is 7.10. The normalized spacial score (nSPS) is 28.5. The molecule has 0 radical (unpaired) electrons. The van der Waals surface area contributed by atoms with Crippen LogP contribution < -0.4 is 5.32 Å². The van der Waals surface area contributed by atoms with Crippen LogP contribution in [0.15, 0.2) is 12.2 Å². The lowest BCUT2D eigenvalue weighted by atomic mass is 9.70. The molecule has 2 rings (SSSR count). The molecule has 0 aromatic rings. The van der Waals surface area contributed by atoms with Gasteiger partial charge in [0, 0.05) is 0 Å². The molecule has 0 amide bonds. The molecular weight excluding hydrogens is 134 g/mol. The predicted octanol–water partition coefficient (Wildman–Crippen LogP) is 1.95. The van der Waals surface area contributed by atoms with E-state index >= 15 is 0 Å². The Labute approximate surface area is 68.9 Å². The van der Waals surface area contributed by atoms with E-state index in [9.17, 15) is 0 Å². The summed E-state index contributed by atoms with van der Waals surface area (Å²) in [6, 6.07) is 0. The van der Waals surface area contributed by atoms with E-state index in [1.54, 1.807) is 0 Å². The van der Waals surface area contributed by atoms with E-state index in [1.165, 1.54) is 44.3 Å². The minimum absolute atomic E-state index is 1.00. The summed E-state index contributed by atoms with van der Waals surface area (Å²) in [5.74, 6) is 2.02. The first kappa shape index (κ1) is 7.35. The van der Waals surface area contributed by atoms with Crippen LogP contribution in [-0.2, 0) is 0 Å². The van der Waals surface area contributed by atoms with Crippen LogP contribution in [0.2, 0.25) is 0 Å². The van der Waals surface area contributed by atoms with Crippen molar-refractivity contribution in [3.63, 3.8) is 0 Å². The average molecular weight is 151 g/mol. The largest absolute Gasteiger partial charge is 0.317 e. The van der Waals surface area contributed by atoms with E-state index < -0.39 is 0 Å². The molecule has 0 aromatic heterocycles. The molecule has 62 valence electrons. The molecule has 1 saturated heterocycles. The molecule has 0 bridgehead atoms. The van der Waals surface area contributed by atoms with Crippen molar-refractivity contribution in [3.8, 4) is 0 Å². The lowest BCUT2D eigenvalue weighted by molar-refractivity contribution is 0.216. The summed E-state index contributed by atoms with van der Waals surface area (Å²) in [6.45, 7) is 6.48. The Balaban J connectivity index is 1.80. The van der Waals surface area contributed by atoms with Crippen LogP contribution in [-0.4, -0.2) is 13.1 Å². The summed E-state index contributed by atoms with van der Waals surface area (Å²) in [7, 11) is 0. The fourth-order valence-corrected chi connectivity index (χ4v) is 2.33. The van der Waals surface area contributed by atoms with Gasteiger partial charge in [-0.1, -0.05) is 12.2 Å². The smallest absolute Gasteiger partial charge is 0.00462 e. The maximum Gasteiger partial charge on any atom is -0.00462 e. The van der Waals surface area contributed by atoms with Crippen molar-refractivity contribution < 1.29 is 0 Å². The third-order valence-corrected chi connectivity index (χ3v) is 3.15. The number of piperidine rings is 1. The highest BCUT2D eigenvalue weighted by Gasteiger charge is 2.30. The summed E-state index contributed by atoms with van der Waals surface area (Å²) < 4.78 is 0. The molecule has 1 N–H and O–H groups in total. The molecule has 2 fully saturated rings. The Morgan fingerprint density at radius 1 is 1.09 bits per heavy atom. The zero-order valence-electron chi connectivity index (χ0n) is 7.10. The molecule has 1 aliphatic carbocycles. The fraction of sp³-hybridized carbons (Fsp3) is 0.800. The zero-order chi connectivity index (χ0) is 7.68. The van der Waals surface area contributed by atoms with E-state index in [-0.39, 0.29) is 0 Å². The number of nitrogens with one attached hydrogen (secondary N) is 1. The molecule has 0 spiro atoms. The maximum atomic E-state index is 3.99. The molecule has 1 nitrogen and oxygen atoms in total. The van der Waals surface area contributed by atoms with Crippen molar-refractivity contribution in [2.75, 3.05) is 13.1 Å². The summed E-state index contributed by atoms with van der Waals surface area (Å²) in [5.41, 5.74) is 1.48. The highest BCUT2D eigenvalue weighted by molar-refractivity contribution is 5.09. The lowest BCUT2D eigenvalue weighted by Crippen LogP contribution is -2.34. The summed E-state index contributed by atoms with van der Waals surface area (Å²) >= 11 is 0. The molecular formula is C10H17N. The Hall–Kier alpha value is -0.300. The molecule has 1 heterocycles. The van der Waals surface area contributed by atoms with E-state index in [0.29, 0.717) is 0 Å². The third-order valence-electron chi connectivity index (χ3n) is 3.15. The Morgan fingerprint density at radius 3 is 2.27 bits per heavy atom. The van der Waals surface area contributed by atoms with Crippen molar-refractivity contribution in [2.24, 2.45) is 11.8 Å². The fourth-order valence-electron chi connectivity index (χ4n) is 2.33. The first-order chi connectivity index (χ1) is 5.36. The quantitative estimate of drug-likeness (QED) is 0.565. The van der Waals surface area contributed by atoms with Crippen molar-refractivity contribution in [3.05, 3.63) is 12.2 Å². The monoisotopic (exact) mass is 151 g/mol. The topological polar surface area (TPSA) is 12.0 Å². The van der Waals surface area contributed by atoms with E-state index in [0.717, 1.165) is 11.8 Å². The minimum Gasteiger partial charge on any atom is -0.317 e. The van der Waals surface area contributed by atoms with E-state index in [2.05, 4.69) is 11.9 Å². The van der Waals surface area contributed by atoms with Crippen LogP contribution in [0, 0.1) is 11.8 Å². The van der Waals surface area contributed by atoms with Gasteiger partial charge in [-0.3, -0.25) is 0 Å². The van der Waals surface area contributed by atoms with Crippen molar-refractivity contribution in [1.82, 2.24) is 5.32 Å². The van der Waals surface area contributed by atoms with Gasteiger partial charge in [0.25, 0.3) is 0 Å². The van der Waals surface area contributed by atoms with Gasteiger partial charge in [-0.2, -0.15) is 0 Å². The second kappa shape index (κ2) is 2.98. The van der Waals surface area contributed by atoms with Crippen LogP contribution >= 0.6 is 0 Å². The van der Waals surface area contributed by atoms with Gasteiger partial charge >= 0.3 is 0 Å². The number of hydrogen-bond donors (Lipinski definition) is 1. The van der Waals surface area contributed by atoms with Gasteiger partial charge in [0.2, 0.25) is 0 Å². The molecule has 1 aliphatic heterocycles. The number of rotatable bonds is 1. The Bertz CT molecular complexity index is 148. The highest BCUT2D eigenvalue weighted by Crippen LogP contribution is 2.40. The summed E-state index contributed by atoms with van der Waals surface area (Å²) in [4.78, 5) is 0. The second-order valence-electron chi connectivity index (χ2n) is 4.01. The van der Waals surface area contributed by atoms with Crippen LogP contribution in [0.3, 0.4) is 0 Å².